The van der Waals surface area contributed by atoms with Crippen LogP contribution in [-0.4, -0.2) is 27.7 Å². The number of piperidine rings is 1. The van der Waals surface area contributed by atoms with Crippen molar-refractivity contribution in [2.75, 3.05) is 6.54 Å². The van der Waals surface area contributed by atoms with Crippen LogP contribution < -0.4 is 5.32 Å². The second-order valence-electron chi connectivity index (χ2n) is 6.82. The van der Waals surface area contributed by atoms with Crippen LogP contribution in [0.25, 0.3) is 22.3 Å². The fourth-order valence-electron chi connectivity index (χ4n) is 3.57. The first-order chi connectivity index (χ1) is 12.3. The predicted octanol–water partition coefficient (Wildman–Crippen LogP) is 4.08. The molecule has 4 nitrogen and oxygen atoms in total. The molecule has 1 aromatic heterocycles. The highest BCUT2D eigenvalue weighted by Gasteiger charge is 2.13. The maximum absolute atomic E-state index is 10.1. The molecular formula is C21H23N3O. The van der Waals surface area contributed by atoms with E-state index in [9.17, 15) is 5.11 Å². The van der Waals surface area contributed by atoms with Crippen LogP contribution in [0.4, 0.5) is 0 Å². The minimum absolute atomic E-state index is 0.291. The van der Waals surface area contributed by atoms with Crippen molar-refractivity contribution in [3.63, 3.8) is 0 Å². The van der Waals surface area contributed by atoms with E-state index in [2.05, 4.69) is 16.4 Å². The van der Waals surface area contributed by atoms with Gasteiger partial charge in [-0.15, -0.1) is 0 Å². The molecule has 4 heteroatoms. The van der Waals surface area contributed by atoms with Gasteiger partial charge in [0.1, 0.15) is 5.75 Å². The lowest BCUT2D eigenvalue weighted by Crippen LogP contribution is -2.34. The summed E-state index contributed by atoms with van der Waals surface area (Å²) < 4.78 is 0. The summed E-state index contributed by atoms with van der Waals surface area (Å²) in [5.74, 6) is 0.291. The Balaban J connectivity index is 1.57. The van der Waals surface area contributed by atoms with E-state index in [4.69, 9.17) is 4.98 Å². The van der Waals surface area contributed by atoms with Crippen molar-refractivity contribution in [3.05, 3.63) is 54.2 Å². The molecule has 2 heterocycles. The number of hydrogen-bond acceptors (Lipinski definition) is 4. The molecule has 2 N–H and O–H groups in total. The van der Waals surface area contributed by atoms with Gasteiger partial charge < -0.3 is 10.4 Å². The highest BCUT2D eigenvalue weighted by Crippen LogP contribution is 2.26. The van der Waals surface area contributed by atoms with Crippen LogP contribution in [-0.2, 0) is 6.42 Å². The number of aryl methyl sites for hydroxylation is 1. The van der Waals surface area contributed by atoms with Crippen LogP contribution in [0.2, 0.25) is 0 Å². The third-order valence-corrected chi connectivity index (χ3v) is 4.92. The molecule has 1 aliphatic heterocycles. The monoisotopic (exact) mass is 333 g/mol. The first-order valence-corrected chi connectivity index (χ1v) is 9.06. The van der Waals surface area contributed by atoms with Gasteiger partial charge in [-0.05, 0) is 68.1 Å². The lowest BCUT2D eigenvalue weighted by Gasteiger charge is -2.23. The summed E-state index contributed by atoms with van der Waals surface area (Å²) in [5, 5.41) is 13.7. The molecule has 0 bridgehead atoms. The second-order valence-corrected chi connectivity index (χ2v) is 6.82. The second kappa shape index (κ2) is 7.19. The quantitative estimate of drug-likeness (QED) is 0.755. The van der Waals surface area contributed by atoms with Gasteiger partial charge in [-0.2, -0.15) is 0 Å². The topological polar surface area (TPSA) is 58.0 Å². The van der Waals surface area contributed by atoms with Gasteiger partial charge in [0.05, 0.1) is 22.9 Å². The molecule has 1 fully saturated rings. The highest BCUT2D eigenvalue weighted by atomic mass is 16.3. The van der Waals surface area contributed by atoms with Gasteiger partial charge in [0, 0.05) is 11.6 Å². The molecule has 1 atom stereocenters. The molecule has 2 aromatic carbocycles. The van der Waals surface area contributed by atoms with Crippen molar-refractivity contribution in [2.24, 2.45) is 0 Å². The van der Waals surface area contributed by atoms with Gasteiger partial charge in [0.2, 0.25) is 0 Å². The Bertz CT molecular complexity index is 872. The smallest absolute Gasteiger partial charge is 0.116 e. The van der Waals surface area contributed by atoms with E-state index in [1.807, 2.05) is 30.3 Å². The lowest BCUT2D eigenvalue weighted by molar-refractivity contribution is 0.382. The summed E-state index contributed by atoms with van der Waals surface area (Å²) in [6, 6.07) is 14.2. The van der Waals surface area contributed by atoms with Crippen molar-refractivity contribution >= 4 is 11.0 Å². The van der Waals surface area contributed by atoms with Crippen LogP contribution in [0, 0.1) is 0 Å². The van der Waals surface area contributed by atoms with Gasteiger partial charge in [-0.25, -0.2) is 4.98 Å². The SMILES string of the molecule is Oc1cc(CC[C@@H]2CCCCN2)cc(-c2cnc3ccccc3n2)c1. The Morgan fingerprint density at radius 2 is 1.96 bits per heavy atom. The first kappa shape index (κ1) is 16.0. The number of aromatic hydroxyl groups is 1. The number of nitrogens with zero attached hydrogens (tertiary/aromatic N) is 2. The number of para-hydroxylation sites is 2. The van der Waals surface area contributed by atoms with Gasteiger partial charge in [-0.1, -0.05) is 18.6 Å². The van der Waals surface area contributed by atoms with Gasteiger partial charge in [-0.3, -0.25) is 4.98 Å². The third-order valence-electron chi connectivity index (χ3n) is 4.92. The van der Waals surface area contributed by atoms with Gasteiger partial charge in [0.15, 0.2) is 0 Å². The summed E-state index contributed by atoms with van der Waals surface area (Å²) in [4.78, 5) is 9.17. The number of phenols is 1. The third kappa shape index (κ3) is 3.80. The average Bonchev–Trinajstić information content (AvgIpc) is 2.66. The number of phenolic OH excluding ortho intramolecular Hbond substituents is 1. The zero-order valence-electron chi connectivity index (χ0n) is 14.3. The van der Waals surface area contributed by atoms with E-state index in [0.29, 0.717) is 11.8 Å². The summed E-state index contributed by atoms with van der Waals surface area (Å²) in [6.07, 6.45) is 7.70. The lowest BCUT2D eigenvalue weighted by atomic mass is 9.96. The van der Waals surface area contributed by atoms with E-state index in [0.717, 1.165) is 47.2 Å². The first-order valence-electron chi connectivity index (χ1n) is 9.06. The maximum Gasteiger partial charge on any atom is 0.116 e. The Hall–Kier alpha value is -2.46. The zero-order valence-corrected chi connectivity index (χ0v) is 14.3. The number of fused-ring (bicyclic) bond motifs is 1. The molecule has 1 saturated heterocycles. The van der Waals surface area contributed by atoms with Crippen molar-refractivity contribution < 1.29 is 5.11 Å². The van der Waals surface area contributed by atoms with E-state index in [-0.39, 0.29) is 0 Å². The van der Waals surface area contributed by atoms with Crippen LogP contribution >= 0.6 is 0 Å². The summed E-state index contributed by atoms with van der Waals surface area (Å²) in [6.45, 7) is 1.13. The summed E-state index contributed by atoms with van der Waals surface area (Å²) in [5.41, 5.74) is 4.63. The minimum atomic E-state index is 0.291. The molecule has 0 unspecified atom stereocenters. The van der Waals surface area contributed by atoms with Crippen LogP contribution in [0.5, 0.6) is 5.75 Å². The molecule has 4 rings (SSSR count). The fourth-order valence-corrected chi connectivity index (χ4v) is 3.57. The number of aromatic nitrogens is 2. The Labute approximate surface area is 148 Å². The molecular weight excluding hydrogens is 310 g/mol. The van der Waals surface area contributed by atoms with Crippen LogP contribution in [0.3, 0.4) is 0 Å². The fraction of sp³-hybridized carbons (Fsp3) is 0.333. The Kier molecular flexibility index (Phi) is 4.61. The Morgan fingerprint density at radius 1 is 1.08 bits per heavy atom. The van der Waals surface area contributed by atoms with Crippen LogP contribution in [0.1, 0.15) is 31.2 Å². The number of nitrogens with one attached hydrogen (secondary N) is 1. The minimum Gasteiger partial charge on any atom is -0.508 e. The van der Waals surface area contributed by atoms with Gasteiger partial charge >= 0.3 is 0 Å². The zero-order chi connectivity index (χ0) is 17.1. The predicted molar refractivity (Wildman–Crippen MR) is 101 cm³/mol. The largest absolute Gasteiger partial charge is 0.508 e. The van der Waals surface area contributed by atoms with Crippen molar-refractivity contribution in [1.82, 2.24) is 15.3 Å². The molecule has 0 amide bonds. The summed E-state index contributed by atoms with van der Waals surface area (Å²) in [7, 11) is 0. The van der Waals surface area contributed by atoms with E-state index in [1.54, 1.807) is 12.3 Å². The summed E-state index contributed by atoms with van der Waals surface area (Å²) >= 11 is 0. The van der Waals surface area contributed by atoms with Crippen molar-refractivity contribution in [2.45, 2.75) is 38.1 Å². The Morgan fingerprint density at radius 3 is 2.80 bits per heavy atom. The normalized spacial score (nSPS) is 17.7. The van der Waals surface area contributed by atoms with Gasteiger partial charge in [0.25, 0.3) is 0 Å². The molecule has 0 radical (unpaired) electrons. The number of rotatable bonds is 4. The van der Waals surface area contributed by atoms with E-state index in [1.165, 1.54) is 19.3 Å². The average molecular weight is 333 g/mol. The van der Waals surface area contributed by atoms with E-state index < -0.39 is 0 Å². The molecule has 1 aliphatic rings. The highest BCUT2D eigenvalue weighted by molar-refractivity contribution is 5.77. The molecule has 128 valence electrons. The van der Waals surface area contributed by atoms with Crippen LogP contribution in [0.15, 0.2) is 48.7 Å². The number of benzene rings is 2. The number of hydrogen-bond donors (Lipinski definition) is 2. The molecule has 0 aliphatic carbocycles. The maximum atomic E-state index is 10.1. The van der Waals surface area contributed by atoms with Crippen molar-refractivity contribution in [1.29, 1.82) is 0 Å². The van der Waals surface area contributed by atoms with Crippen molar-refractivity contribution in [3.8, 4) is 17.0 Å². The molecule has 0 spiro atoms. The molecule has 25 heavy (non-hydrogen) atoms. The standard InChI is InChI=1S/C21H23N3O/c25-18-12-15(8-9-17-5-3-4-10-22-17)11-16(13-18)21-14-23-19-6-1-2-7-20(19)24-21/h1-2,6-7,11-14,17,22,25H,3-5,8-10H2/t17-/m0/s1. The molecule has 0 saturated carbocycles. The van der Waals surface area contributed by atoms with E-state index >= 15 is 0 Å². The molecule has 3 aromatic rings.